The van der Waals surface area contributed by atoms with Crippen LogP contribution >= 0.6 is 23.1 Å². The molecule has 4 nitrogen and oxygen atoms in total. The van der Waals surface area contributed by atoms with Crippen LogP contribution in [0, 0.1) is 0 Å². The molecule has 124 valence electrons. The van der Waals surface area contributed by atoms with E-state index in [9.17, 15) is 4.79 Å². The lowest BCUT2D eigenvalue weighted by Crippen LogP contribution is -2.25. The summed E-state index contributed by atoms with van der Waals surface area (Å²) in [6.07, 6.45) is 4.55. The van der Waals surface area contributed by atoms with Crippen LogP contribution in [0.5, 0.6) is 0 Å². The molecule has 2 heterocycles. The Morgan fingerprint density at radius 3 is 2.92 bits per heavy atom. The first-order valence-electron chi connectivity index (χ1n) is 7.83. The average Bonchev–Trinajstić information content (AvgIpc) is 3.30. The minimum atomic E-state index is -0.00950. The van der Waals surface area contributed by atoms with Gasteiger partial charge in [-0.3, -0.25) is 9.48 Å². The van der Waals surface area contributed by atoms with Gasteiger partial charge in [0.1, 0.15) is 0 Å². The number of carbonyl (C=O) groups is 1. The highest BCUT2D eigenvalue weighted by Crippen LogP contribution is 2.27. The highest BCUT2D eigenvalue weighted by molar-refractivity contribution is 7.98. The van der Waals surface area contributed by atoms with Crippen molar-refractivity contribution in [1.82, 2.24) is 15.1 Å². The van der Waals surface area contributed by atoms with Gasteiger partial charge in [0.15, 0.2) is 0 Å². The smallest absolute Gasteiger partial charge is 0.252 e. The normalized spacial score (nSPS) is 10.7. The lowest BCUT2D eigenvalue weighted by atomic mass is 10.2. The van der Waals surface area contributed by atoms with Crippen LogP contribution in [0.4, 0.5) is 0 Å². The molecule has 0 saturated carbocycles. The number of nitrogens with one attached hydrogen (secondary N) is 1. The van der Waals surface area contributed by atoms with Crippen LogP contribution in [0.1, 0.15) is 21.7 Å². The Kier molecular flexibility index (Phi) is 6.09. The first kappa shape index (κ1) is 16.8. The third-order valence-electron chi connectivity index (χ3n) is 3.49. The molecule has 3 rings (SSSR count). The monoisotopic (exact) mass is 357 g/mol. The van der Waals surface area contributed by atoms with Crippen LogP contribution in [0.3, 0.4) is 0 Å². The van der Waals surface area contributed by atoms with Gasteiger partial charge in [-0.2, -0.15) is 5.10 Å². The second kappa shape index (κ2) is 8.70. The van der Waals surface area contributed by atoms with Crippen molar-refractivity contribution in [2.75, 3.05) is 6.54 Å². The molecule has 24 heavy (non-hydrogen) atoms. The van der Waals surface area contributed by atoms with Crippen LogP contribution in [0.25, 0.3) is 0 Å². The predicted molar refractivity (Wildman–Crippen MR) is 99.5 cm³/mol. The summed E-state index contributed by atoms with van der Waals surface area (Å²) in [6, 6.07) is 13.9. The molecule has 0 unspecified atom stereocenters. The SMILES string of the molecule is O=C(NCCCn1cccn1)c1ccccc1SCc1cccs1. The zero-order valence-electron chi connectivity index (χ0n) is 13.2. The number of benzene rings is 1. The van der Waals surface area contributed by atoms with Crippen molar-refractivity contribution in [2.24, 2.45) is 0 Å². The van der Waals surface area contributed by atoms with E-state index in [2.05, 4.69) is 27.9 Å². The van der Waals surface area contributed by atoms with E-state index in [4.69, 9.17) is 0 Å². The first-order chi connectivity index (χ1) is 11.8. The zero-order chi connectivity index (χ0) is 16.6. The topological polar surface area (TPSA) is 46.9 Å². The average molecular weight is 358 g/mol. The van der Waals surface area contributed by atoms with E-state index in [1.54, 1.807) is 29.3 Å². The van der Waals surface area contributed by atoms with Crippen LogP contribution in [0.2, 0.25) is 0 Å². The Bertz CT molecular complexity index is 754. The number of amides is 1. The molecule has 2 aromatic heterocycles. The number of hydrogen-bond acceptors (Lipinski definition) is 4. The summed E-state index contributed by atoms with van der Waals surface area (Å²) in [4.78, 5) is 14.8. The van der Waals surface area contributed by atoms with E-state index in [-0.39, 0.29) is 5.91 Å². The number of hydrogen-bond donors (Lipinski definition) is 1. The summed E-state index contributed by atoms with van der Waals surface area (Å²) in [5, 5.41) is 9.24. The molecule has 6 heteroatoms. The summed E-state index contributed by atoms with van der Waals surface area (Å²) in [5.74, 6) is 0.881. The Morgan fingerprint density at radius 2 is 2.12 bits per heavy atom. The molecule has 0 atom stereocenters. The van der Waals surface area contributed by atoms with Crippen molar-refractivity contribution in [3.05, 3.63) is 70.7 Å². The van der Waals surface area contributed by atoms with E-state index in [0.717, 1.165) is 29.2 Å². The number of aromatic nitrogens is 2. The Morgan fingerprint density at radius 1 is 1.21 bits per heavy atom. The van der Waals surface area contributed by atoms with Crippen molar-refractivity contribution in [3.63, 3.8) is 0 Å². The van der Waals surface area contributed by atoms with Crippen LogP contribution in [0.15, 0.2) is 65.1 Å². The molecule has 1 amide bonds. The fraction of sp³-hybridized carbons (Fsp3) is 0.222. The van der Waals surface area contributed by atoms with Gasteiger partial charge in [-0.05, 0) is 36.1 Å². The quantitative estimate of drug-likeness (QED) is 0.488. The molecule has 0 bridgehead atoms. The summed E-state index contributed by atoms with van der Waals surface area (Å²) in [5.41, 5.74) is 0.748. The molecule has 0 aliphatic rings. The number of aryl methyl sites for hydroxylation is 1. The number of thioether (sulfide) groups is 1. The summed E-state index contributed by atoms with van der Waals surface area (Å²) in [6.45, 7) is 1.45. The van der Waals surface area contributed by atoms with Gasteiger partial charge in [0.25, 0.3) is 5.91 Å². The van der Waals surface area contributed by atoms with Crippen molar-refractivity contribution < 1.29 is 4.79 Å². The standard InChI is InChI=1S/C18H19N3OS2/c22-18(19-9-4-11-21-12-5-10-20-21)16-7-1-2-8-17(16)24-14-15-6-3-13-23-15/h1-3,5-8,10,12-13H,4,9,11,14H2,(H,19,22). The molecule has 0 aliphatic carbocycles. The minimum absolute atomic E-state index is 0.00950. The highest BCUT2D eigenvalue weighted by Gasteiger charge is 2.11. The van der Waals surface area contributed by atoms with Crippen molar-refractivity contribution in [3.8, 4) is 0 Å². The molecule has 0 radical (unpaired) electrons. The summed E-state index contributed by atoms with van der Waals surface area (Å²) < 4.78 is 1.87. The van der Waals surface area contributed by atoms with Crippen molar-refractivity contribution in [2.45, 2.75) is 23.6 Å². The zero-order valence-corrected chi connectivity index (χ0v) is 14.9. The number of thiophene rings is 1. The Balaban J connectivity index is 1.52. The molecule has 0 spiro atoms. The maximum Gasteiger partial charge on any atom is 0.252 e. The predicted octanol–water partition coefficient (Wildman–Crippen LogP) is 4.06. The van der Waals surface area contributed by atoms with Gasteiger partial charge >= 0.3 is 0 Å². The van der Waals surface area contributed by atoms with Crippen LogP contribution < -0.4 is 5.32 Å². The molecule has 0 fully saturated rings. The Hall–Kier alpha value is -2.05. The third kappa shape index (κ3) is 4.72. The molecule has 0 aliphatic heterocycles. The molecule has 1 N–H and O–H groups in total. The van der Waals surface area contributed by atoms with Gasteiger partial charge in [-0.25, -0.2) is 0 Å². The van der Waals surface area contributed by atoms with Crippen LogP contribution in [-0.2, 0) is 12.3 Å². The van der Waals surface area contributed by atoms with Gasteiger partial charge in [-0.15, -0.1) is 23.1 Å². The lowest BCUT2D eigenvalue weighted by molar-refractivity contribution is 0.0949. The van der Waals surface area contributed by atoms with Gasteiger partial charge in [0.05, 0.1) is 5.56 Å². The fourth-order valence-corrected chi connectivity index (χ4v) is 4.12. The summed E-state index contributed by atoms with van der Waals surface area (Å²) >= 11 is 3.45. The fourth-order valence-electron chi connectivity index (χ4n) is 2.29. The second-order valence-corrected chi connectivity index (χ2v) is 7.29. The van der Waals surface area contributed by atoms with E-state index < -0.39 is 0 Å². The first-order valence-corrected chi connectivity index (χ1v) is 9.69. The second-order valence-electron chi connectivity index (χ2n) is 5.24. The van der Waals surface area contributed by atoms with Crippen molar-refractivity contribution in [1.29, 1.82) is 0 Å². The molecule has 3 aromatic rings. The van der Waals surface area contributed by atoms with E-state index in [0.29, 0.717) is 6.54 Å². The molecular weight excluding hydrogens is 338 g/mol. The van der Waals surface area contributed by atoms with Gasteiger partial charge < -0.3 is 5.32 Å². The van der Waals surface area contributed by atoms with E-state index >= 15 is 0 Å². The molecular formula is C18H19N3OS2. The minimum Gasteiger partial charge on any atom is -0.352 e. The summed E-state index contributed by atoms with van der Waals surface area (Å²) in [7, 11) is 0. The van der Waals surface area contributed by atoms with Crippen LogP contribution in [-0.4, -0.2) is 22.2 Å². The van der Waals surface area contributed by atoms with Gasteiger partial charge in [0.2, 0.25) is 0 Å². The number of carbonyl (C=O) groups excluding carboxylic acids is 1. The number of nitrogens with zero attached hydrogens (tertiary/aromatic N) is 2. The van der Waals surface area contributed by atoms with E-state index in [1.165, 1.54) is 4.88 Å². The maximum absolute atomic E-state index is 12.4. The van der Waals surface area contributed by atoms with Gasteiger partial charge in [0, 0.05) is 41.0 Å². The maximum atomic E-state index is 12.4. The van der Waals surface area contributed by atoms with Crippen molar-refractivity contribution >= 4 is 29.0 Å². The van der Waals surface area contributed by atoms with E-state index in [1.807, 2.05) is 41.2 Å². The largest absolute Gasteiger partial charge is 0.352 e. The number of rotatable bonds is 8. The lowest BCUT2D eigenvalue weighted by Gasteiger charge is -2.09. The molecule has 1 aromatic carbocycles. The van der Waals surface area contributed by atoms with Gasteiger partial charge in [-0.1, -0.05) is 18.2 Å². The highest BCUT2D eigenvalue weighted by atomic mass is 32.2. The third-order valence-corrected chi connectivity index (χ3v) is 5.67. The Labute approximate surface area is 149 Å². The molecule has 0 saturated heterocycles.